The van der Waals surface area contributed by atoms with Crippen molar-refractivity contribution < 1.29 is 61.6 Å². The highest BCUT2D eigenvalue weighted by atomic mass is 19.1. The maximum absolute atomic E-state index is 15.3. The zero-order valence-corrected chi connectivity index (χ0v) is 31.7. The lowest BCUT2D eigenvalue weighted by atomic mass is 10.00. The van der Waals surface area contributed by atoms with Gasteiger partial charge < -0.3 is 43.3 Å². The standard InChI is InChI=1S/C39H47FN2O12/c1-23-18-27(19-24(2)35(23)51-22-48-7)36(44)41-28-20-42(54-38(46)53-39(3,4)5)17-9-10-29(28)52-37(45)26-13-11-25(12-14-26)34(43)32-30(50-21-47-6)15-16-31(49-8)33(32)40/h11-16,18-19,28-29H,9-10,17,20-22H2,1-8H3,(H,41,44)/t28-,29-/m1/s1. The predicted molar refractivity (Wildman–Crippen MR) is 192 cm³/mol. The average Bonchev–Trinajstić information content (AvgIpc) is 3.29. The molecule has 54 heavy (non-hydrogen) atoms. The predicted octanol–water partition coefficient (Wildman–Crippen LogP) is 5.93. The van der Waals surface area contributed by atoms with Crippen molar-refractivity contribution in [3.8, 4) is 17.2 Å². The Labute approximate surface area is 313 Å². The Morgan fingerprint density at radius 1 is 0.852 bits per heavy atom. The molecule has 2 atom stereocenters. The molecule has 1 fully saturated rings. The van der Waals surface area contributed by atoms with Crippen LogP contribution >= 0.6 is 0 Å². The molecule has 1 aliphatic heterocycles. The van der Waals surface area contributed by atoms with Gasteiger partial charge in [0.05, 0.1) is 25.3 Å². The van der Waals surface area contributed by atoms with E-state index in [0.29, 0.717) is 35.3 Å². The second-order valence-corrected chi connectivity index (χ2v) is 13.5. The number of hydrogen-bond acceptors (Lipinski definition) is 13. The van der Waals surface area contributed by atoms with Crippen LogP contribution in [0.25, 0.3) is 0 Å². The van der Waals surface area contributed by atoms with Crippen LogP contribution < -0.4 is 19.5 Å². The Balaban J connectivity index is 1.56. The van der Waals surface area contributed by atoms with Crippen molar-refractivity contribution in [1.82, 2.24) is 10.4 Å². The normalized spacial score (nSPS) is 16.1. The lowest BCUT2D eigenvalue weighted by Gasteiger charge is -2.29. The van der Waals surface area contributed by atoms with Gasteiger partial charge in [0, 0.05) is 31.9 Å². The van der Waals surface area contributed by atoms with E-state index in [4.69, 9.17) is 38.0 Å². The Hall–Kier alpha value is -5.25. The monoisotopic (exact) mass is 754 g/mol. The number of hydroxylamine groups is 2. The van der Waals surface area contributed by atoms with Gasteiger partial charge in [-0.3, -0.25) is 9.59 Å². The second-order valence-electron chi connectivity index (χ2n) is 13.5. The summed E-state index contributed by atoms with van der Waals surface area (Å²) in [6.07, 6.45) is -1.03. The first-order chi connectivity index (χ1) is 25.6. The summed E-state index contributed by atoms with van der Waals surface area (Å²) in [4.78, 5) is 58.7. The Morgan fingerprint density at radius 3 is 2.07 bits per heavy atom. The van der Waals surface area contributed by atoms with Crippen molar-refractivity contribution in [3.63, 3.8) is 0 Å². The van der Waals surface area contributed by atoms with Crippen LogP contribution in [0.5, 0.6) is 17.2 Å². The summed E-state index contributed by atoms with van der Waals surface area (Å²) in [7, 11) is 4.17. The van der Waals surface area contributed by atoms with Crippen molar-refractivity contribution in [2.75, 3.05) is 48.0 Å². The maximum atomic E-state index is 15.3. The van der Waals surface area contributed by atoms with E-state index in [1.807, 2.05) is 13.8 Å². The van der Waals surface area contributed by atoms with Crippen LogP contribution in [-0.4, -0.2) is 94.6 Å². The number of nitrogens with zero attached hydrogens (tertiary/aromatic N) is 1. The van der Waals surface area contributed by atoms with E-state index in [9.17, 15) is 19.2 Å². The molecule has 1 aliphatic rings. The van der Waals surface area contributed by atoms with Crippen molar-refractivity contribution in [2.24, 2.45) is 0 Å². The molecule has 3 aromatic carbocycles. The number of amides is 1. The lowest BCUT2D eigenvalue weighted by molar-refractivity contribution is -0.144. The molecule has 0 aromatic heterocycles. The number of carbonyl (C=O) groups excluding carboxylic acids is 4. The van der Waals surface area contributed by atoms with E-state index < -0.39 is 47.4 Å². The number of ketones is 1. The zero-order chi connectivity index (χ0) is 39.6. The summed E-state index contributed by atoms with van der Waals surface area (Å²) >= 11 is 0. The van der Waals surface area contributed by atoms with Crippen molar-refractivity contribution in [3.05, 3.63) is 87.7 Å². The van der Waals surface area contributed by atoms with Crippen molar-refractivity contribution in [1.29, 1.82) is 0 Å². The molecule has 0 aliphatic carbocycles. The maximum Gasteiger partial charge on any atom is 0.528 e. The van der Waals surface area contributed by atoms with Crippen LogP contribution in [0.1, 0.15) is 81.4 Å². The third-order valence-corrected chi connectivity index (χ3v) is 8.19. The van der Waals surface area contributed by atoms with E-state index >= 15 is 4.39 Å². The van der Waals surface area contributed by atoms with E-state index in [1.165, 1.54) is 62.8 Å². The number of esters is 1. The molecule has 14 nitrogen and oxygen atoms in total. The van der Waals surface area contributed by atoms with Crippen LogP contribution in [0.3, 0.4) is 0 Å². The first kappa shape index (κ1) is 41.5. The summed E-state index contributed by atoms with van der Waals surface area (Å²) in [6.45, 7) is 8.81. The van der Waals surface area contributed by atoms with Gasteiger partial charge in [-0.05, 0) is 95.0 Å². The van der Waals surface area contributed by atoms with Gasteiger partial charge >= 0.3 is 12.1 Å². The average molecular weight is 755 g/mol. The molecule has 0 saturated carbocycles. The van der Waals surface area contributed by atoms with Crippen LogP contribution in [0.4, 0.5) is 9.18 Å². The number of aryl methyl sites for hydroxylation is 2. The molecule has 1 N–H and O–H groups in total. The largest absolute Gasteiger partial charge is 0.528 e. The van der Waals surface area contributed by atoms with E-state index in [0.717, 1.165) is 0 Å². The van der Waals surface area contributed by atoms with Crippen LogP contribution in [0.2, 0.25) is 0 Å². The molecular weight excluding hydrogens is 707 g/mol. The van der Waals surface area contributed by atoms with Gasteiger partial charge in [-0.1, -0.05) is 12.1 Å². The van der Waals surface area contributed by atoms with Crippen LogP contribution in [0, 0.1) is 19.7 Å². The Morgan fingerprint density at radius 2 is 1.46 bits per heavy atom. The molecule has 1 heterocycles. The molecule has 292 valence electrons. The van der Waals surface area contributed by atoms with E-state index in [-0.39, 0.29) is 54.9 Å². The third-order valence-electron chi connectivity index (χ3n) is 8.19. The highest BCUT2D eigenvalue weighted by Gasteiger charge is 2.34. The van der Waals surface area contributed by atoms with Crippen LogP contribution in [0.15, 0.2) is 48.5 Å². The fourth-order valence-corrected chi connectivity index (χ4v) is 5.77. The van der Waals surface area contributed by atoms with Crippen molar-refractivity contribution in [2.45, 2.75) is 65.2 Å². The van der Waals surface area contributed by atoms with Gasteiger partial charge in [0.25, 0.3) is 5.91 Å². The number of ether oxygens (including phenoxy) is 7. The zero-order valence-electron chi connectivity index (χ0n) is 31.7. The van der Waals surface area contributed by atoms with Gasteiger partial charge in [0.2, 0.25) is 0 Å². The number of methoxy groups -OCH3 is 3. The van der Waals surface area contributed by atoms with Gasteiger partial charge in [-0.2, -0.15) is 0 Å². The molecule has 1 saturated heterocycles. The summed E-state index contributed by atoms with van der Waals surface area (Å²) in [6, 6.07) is 10.7. The summed E-state index contributed by atoms with van der Waals surface area (Å²) < 4.78 is 52.6. The summed E-state index contributed by atoms with van der Waals surface area (Å²) in [5, 5.41) is 4.33. The van der Waals surface area contributed by atoms with Gasteiger partial charge in [-0.25, -0.2) is 14.0 Å². The minimum absolute atomic E-state index is 0.0249. The lowest BCUT2D eigenvalue weighted by Crippen LogP contribution is -2.50. The topological polar surface area (TPSA) is 157 Å². The third kappa shape index (κ3) is 10.9. The smallest absolute Gasteiger partial charge is 0.494 e. The highest BCUT2D eigenvalue weighted by Crippen LogP contribution is 2.32. The number of nitrogens with one attached hydrogen (secondary N) is 1. The molecule has 0 radical (unpaired) electrons. The fraction of sp³-hybridized carbons (Fsp3) is 0.436. The number of halogens is 1. The molecule has 0 bridgehead atoms. The molecule has 0 spiro atoms. The first-order valence-corrected chi connectivity index (χ1v) is 17.2. The molecule has 15 heteroatoms. The second kappa shape index (κ2) is 18.7. The van der Waals surface area contributed by atoms with Gasteiger partial charge in [0.15, 0.2) is 30.9 Å². The molecule has 0 unspecified atom stereocenters. The van der Waals surface area contributed by atoms with Gasteiger partial charge in [0.1, 0.15) is 28.8 Å². The van der Waals surface area contributed by atoms with Gasteiger partial charge in [-0.15, -0.1) is 5.06 Å². The first-order valence-electron chi connectivity index (χ1n) is 17.2. The van der Waals surface area contributed by atoms with E-state index in [1.54, 1.807) is 32.9 Å². The summed E-state index contributed by atoms with van der Waals surface area (Å²) in [5.74, 6) is -2.41. The Bertz CT molecular complexity index is 1790. The number of benzene rings is 3. The minimum atomic E-state index is -0.915. The number of rotatable bonds is 14. The SMILES string of the molecule is COCOc1ccc(OC)c(F)c1C(=O)c1ccc(C(=O)O[C@@H]2CCCN(OC(=O)OC(C)(C)C)C[C@H]2NC(=O)c2cc(C)c(OCOC)c(C)c2)cc1. The summed E-state index contributed by atoms with van der Waals surface area (Å²) in [5.41, 5.74) is 0.775. The molecule has 1 amide bonds. The molecule has 4 rings (SSSR count). The quantitative estimate of drug-likeness (QED) is 0.117. The van der Waals surface area contributed by atoms with Crippen LogP contribution in [-0.2, 0) is 23.8 Å². The Kier molecular flexibility index (Phi) is 14.4. The van der Waals surface area contributed by atoms with Crippen molar-refractivity contribution >= 4 is 23.8 Å². The molecular formula is C39H47FN2O12. The minimum Gasteiger partial charge on any atom is -0.494 e. The van der Waals surface area contributed by atoms with E-state index in [2.05, 4.69) is 5.32 Å². The number of carbonyl (C=O) groups is 4. The highest BCUT2D eigenvalue weighted by molar-refractivity contribution is 6.11. The number of hydrogen-bond donors (Lipinski definition) is 1. The molecule has 3 aromatic rings. The fourth-order valence-electron chi connectivity index (χ4n) is 5.77.